The Kier molecular flexibility index (Phi) is 5.60. The van der Waals surface area contributed by atoms with E-state index < -0.39 is 11.2 Å². The molecule has 0 saturated carbocycles. The highest BCUT2D eigenvalue weighted by Gasteiger charge is 2.17. The van der Waals surface area contributed by atoms with Crippen LogP contribution in [0.5, 0.6) is 5.75 Å². The molecule has 32 heavy (non-hydrogen) atoms. The van der Waals surface area contributed by atoms with Crippen LogP contribution in [0.2, 0.25) is 0 Å². The molecule has 4 aromatic rings. The lowest BCUT2D eigenvalue weighted by Gasteiger charge is -2.11. The minimum atomic E-state index is -0.427. The van der Waals surface area contributed by atoms with Crippen LogP contribution in [0.25, 0.3) is 22.1 Å². The number of imidazole rings is 1. The summed E-state index contributed by atoms with van der Waals surface area (Å²) in [6.07, 6.45) is 2.29. The lowest BCUT2D eigenvalue weighted by molar-refractivity contribution is -0.122. The Hall–Kier alpha value is -3.82. The Morgan fingerprint density at radius 2 is 2.03 bits per heavy atom. The molecule has 0 radical (unpaired) electrons. The Morgan fingerprint density at radius 1 is 1.25 bits per heavy atom. The minimum absolute atomic E-state index is 0.130. The van der Waals surface area contributed by atoms with Crippen LogP contribution in [0.3, 0.4) is 0 Å². The molecule has 1 unspecified atom stereocenters. The number of carbonyl (C=O) groups excluding carboxylic acids is 1. The molecule has 0 fully saturated rings. The van der Waals surface area contributed by atoms with Crippen molar-refractivity contribution in [3.05, 3.63) is 57.2 Å². The van der Waals surface area contributed by atoms with E-state index in [0.717, 1.165) is 9.95 Å². The van der Waals surface area contributed by atoms with Gasteiger partial charge in [-0.3, -0.25) is 18.7 Å². The number of hydrogen-bond acceptors (Lipinski definition) is 6. The molecule has 4 rings (SSSR count). The number of aromatic nitrogens is 4. The third-order valence-electron chi connectivity index (χ3n) is 5.57. The average molecular weight is 439 g/mol. The van der Waals surface area contributed by atoms with Gasteiger partial charge in [-0.1, -0.05) is 12.1 Å². The first kappa shape index (κ1) is 21.4. The Bertz CT molecular complexity index is 1420. The molecule has 1 amide bonds. The molecule has 10 heteroatoms. The van der Waals surface area contributed by atoms with E-state index in [0.29, 0.717) is 41.2 Å². The molecule has 0 aliphatic rings. The van der Waals surface area contributed by atoms with Gasteiger partial charge in [-0.05, 0) is 25.5 Å². The molecular weight excluding hydrogens is 414 g/mol. The van der Waals surface area contributed by atoms with Crippen LogP contribution in [0.4, 0.5) is 0 Å². The third-order valence-corrected chi connectivity index (χ3v) is 5.57. The second-order valence-electron chi connectivity index (χ2n) is 7.74. The Morgan fingerprint density at radius 3 is 2.78 bits per heavy atom. The summed E-state index contributed by atoms with van der Waals surface area (Å²) in [5.41, 5.74) is 0.494. The van der Waals surface area contributed by atoms with Crippen LogP contribution in [0, 0.1) is 0 Å². The first-order chi connectivity index (χ1) is 15.3. The molecule has 0 spiro atoms. The molecule has 1 atom stereocenters. The van der Waals surface area contributed by atoms with Crippen LogP contribution in [0.15, 0.2) is 44.6 Å². The summed E-state index contributed by atoms with van der Waals surface area (Å²) in [6, 6.07) is 7.21. The zero-order valence-corrected chi connectivity index (χ0v) is 18.4. The highest BCUT2D eigenvalue weighted by atomic mass is 16.5. The number of aryl methyl sites for hydroxylation is 2. The Balaban J connectivity index is 1.41. The van der Waals surface area contributed by atoms with Crippen LogP contribution in [0.1, 0.15) is 31.6 Å². The van der Waals surface area contributed by atoms with Crippen molar-refractivity contribution in [1.29, 1.82) is 0 Å². The van der Waals surface area contributed by atoms with Crippen molar-refractivity contribution in [1.82, 2.24) is 24.0 Å². The highest BCUT2D eigenvalue weighted by Crippen LogP contribution is 2.30. The van der Waals surface area contributed by atoms with Gasteiger partial charge < -0.3 is 19.0 Å². The van der Waals surface area contributed by atoms with E-state index in [1.165, 1.54) is 17.9 Å². The van der Waals surface area contributed by atoms with Crippen LogP contribution in [-0.2, 0) is 25.4 Å². The normalized spacial score (nSPS) is 12.4. The summed E-state index contributed by atoms with van der Waals surface area (Å²) >= 11 is 0. The van der Waals surface area contributed by atoms with E-state index in [9.17, 15) is 14.4 Å². The van der Waals surface area contributed by atoms with Crippen LogP contribution < -0.4 is 21.3 Å². The number of nitrogens with one attached hydrogen (secondary N) is 1. The van der Waals surface area contributed by atoms with Gasteiger partial charge in [-0.15, -0.1) is 0 Å². The number of nitrogens with zero attached hydrogens (tertiary/aromatic N) is 4. The standard InChI is InChI=1S/C22H25N5O5/c1-13(16-11-14-7-5-8-15(31-4)19(14)32-16)24-17(28)9-6-10-27-12-23-20-18(27)21(29)26(3)22(30)25(20)2/h5,7-8,11-13H,6,9-10H2,1-4H3,(H,24,28). The number of carbonyl (C=O) groups is 1. The van der Waals surface area contributed by atoms with Gasteiger partial charge in [0.1, 0.15) is 5.76 Å². The maximum atomic E-state index is 12.5. The second kappa shape index (κ2) is 8.37. The SMILES string of the molecule is COc1cccc2cc(C(C)NC(=O)CCCn3cnc4c3c(=O)n(C)c(=O)n4C)oc12. The smallest absolute Gasteiger partial charge is 0.332 e. The molecular formula is C22H25N5O5. The van der Waals surface area contributed by atoms with Gasteiger partial charge in [-0.2, -0.15) is 0 Å². The number of fused-ring (bicyclic) bond motifs is 2. The zero-order valence-electron chi connectivity index (χ0n) is 18.4. The van der Waals surface area contributed by atoms with Crippen molar-refractivity contribution in [2.75, 3.05) is 7.11 Å². The Labute approximate surface area is 183 Å². The number of amides is 1. The molecule has 168 valence electrons. The molecule has 0 bridgehead atoms. The first-order valence-corrected chi connectivity index (χ1v) is 10.3. The van der Waals surface area contributed by atoms with Crippen molar-refractivity contribution in [3.63, 3.8) is 0 Å². The molecule has 10 nitrogen and oxygen atoms in total. The van der Waals surface area contributed by atoms with Crippen molar-refractivity contribution >= 4 is 28.0 Å². The summed E-state index contributed by atoms with van der Waals surface area (Å²) in [5.74, 6) is 1.15. The maximum Gasteiger partial charge on any atom is 0.332 e. The highest BCUT2D eigenvalue weighted by molar-refractivity contribution is 5.84. The van der Waals surface area contributed by atoms with Gasteiger partial charge in [0.25, 0.3) is 5.56 Å². The van der Waals surface area contributed by atoms with E-state index in [4.69, 9.17) is 9.15 Å². The fourth-order valence-electron chi connectivity index (χ4n) is 3.79. The van der Waals surface area contributed by atoms with E-state index in [1.54, 1.807) is 18.7 Å². The summed E-state index contributed by atoms with van der Waals surface area (Å²) in [4.78, 5) is 41.2. The van der Waals surface area contributed by atoms with Gasteiger partial charge in [0.05, 0.1) is 19.5 Å². The maximum absolute atomic E-state index is 12.5. The molecule has 3 aromatic heterocycles. The summed E-state index contributed by atoms with van der Waals surface area (Å²) in [5, 5.41) is 3.85. The van der Waals surface area contributed by atoms with Crippen molar-refractivity contribution < 1.29 is 13.9 Å². The van der Waals surface area contributed by atoms with E-state index in [1.807, 2.05) is 31.2 Å². The van der Waals surface area contributed by atoms with E-state index >= 15 is 0 Å². The monoisotopic (exact) mass is 439 g/mol. The molecule has 1 aromatic carbocycles. The van der Waals surface area contributed by atoms with Gasteiger partial charge in [-0.25, -0.2) is 9.78 Å². The number of para-hydroxylation sites is 1. The number of rotatable bonds is 7. The number of benzene rings is 1. The van der Waals surface area contributed by atoms with Gasteiger partial charge in [0, 0.05) is 32.4 Å². The van der Waals surface area contributed by atoms with E-state index in [2.05, 4.69) is 10.3 Å². The lowest BCUT2D eigenvalue weighted by Crippen LogP contribution is -2.37. The molecule has 0 saturated heterocycles. The van der Waals surface area contributed by atoms with E-state index in [-0.39, 0.29) is 18.4 Å². The predicted octanol–water partition coefficient (Wildman–Crippen LogP) is 1.85. The number of furan rings is 1. The van der Waals surface area contributed by atoms with Crippen molar-refractivity contribution in [2.24, 2.45) is 14.1 Å². The molecule has 1 N–H and O–H groups in total. The van der Waals surface area contributed by atoms with Crippen molar-refractivity contribution in [2.45, 2.75) is 32.4 Å². The van der Waals surface area contributed by atoms with Gasteiger partial charge in [0.15, 0.2) is 22.5 Å². The fraction of sp³-hybridized carbons (Fsp3) is 0.364. The third kappa shape index (κ3) is 3.68. The fourth-order valence-corrected chi connectivity index (χ4v) is 3.79. The molecule has 0 aliphatic heterocycles. The summed E-state index contributed by atoms with van der Waals surface area (Å²) in [6.45, 7) is 2.28. The lowest BCUT2D eigenvalue weighted by atomic mass is 10.2. The summed E-state index contributed by atoms with van der Waals surface area (Å²) in [7, 11) is 4.59. The van der Waals surface area contributed by atoms with Gasteiger partial charge in [0.2, 0.25) is 5.91 Å². The quantitative estimate of drug-likeness (QED) is 0.470. The number of hydrogen-bond donors (Lipinski definition) is 1. The summed E-state index contributed by atoms with van der Waals surface area (Å²) < 4.78 is 15.3. The van der Waals surface area contributed by atoms with Crippen molar-refractivity contribution in [3.8, 4) is 5.75 Å². The first-order valence-electron chi connectivity index (χ1n) is 10.3. The predicted molar refractivity (Wildman–Crippen MR) is 119 cm³/mol. The largest absolute Gasteiger partial charge is 0.493 e. The van der Waals surface area contributed by atoms with Crippen LogP contribution >= 0.6 is 0 Å². The molecule has 3 heterocycles. The zero-order chi connectivity index (χ0) is 23.0. The number of ether oxygens (including phenoxy) is 1. The number of methoxy groups -OCH3 is 1. The topological polar surface area (TPSA) is 113 Å². The second-order valence-corrected chi connectivity index (χ2v) is 7.74. The van der Waals surface area contributed by atoms with Crippen LogP contribution in [-0.4, -0.2) is 31.7 Å². The van der Waals surface area contributed by atoms with Gasteiger partial charge >= 0.3 is 5.69 Å². The average Bonchev–Trinajstić information content (AvgIpc) is 3.40. The molecule has 0 aliphatic carbocycles. The minimum Gasteiger partial charge on any atom is -0.493 e.